The van der Waals surface area contributed by atoms with Crippen LogP contribution >= 0.6 is 0 Å². The normalized spacial score (nSPS) is 22.1. The molecule has 8 heteroatoms. The van der Waals surface area contributed by atoms with Crippen LogP contribution in [0.2, 0.25) is 0 Å². The lowest BCUT2D eigenvalue weighted by atomic mass is 10.0. The summed E-state index contributed by atoms with van der Waals surface area (Å²) >= 11 is 0. The highest BCUT2D eigenvalue weighted by molar-refractivity contribution is 5.11. The molecule has 0 aromatic carbocycles. The molecule has 0 bridgehead atoms. The fourth-order valence-electron chi connectivity index (χ4n) is 3.27. The molecule has 2 aromatic heterocycles. The van der Waals surface area contributed by atoms with E-state index in [1.807, 2.05) is 31.0 Å². The van der Waals surface area contributed by atoms with Gasteiger partial charge in [-0.3, -0.25) is 9.58 Å². The van der Waals surface area contributed by atoms with Gasteiger partial charge in [-0.05, 0) is 19.5 Å². The number of hydrogen-bond donors (Lipinski definition) is 1. The van der Waals surface area contributed by atoms with E-state index in [-0.39, 0.29) is 12.1 Å². The van der Waals surface area contributed by atoms with Gasteiger partial charge >= 0.3 is 0 Å². The Bertz CT molecular complexity index is 638. The predicted octanol–water partition coefficient (Wildman–Crippen LogP) is 0.583. The molecule has 1 fully saturated rings. The van der Waals surface area contributed by atoms with E-state index in [4.69, 9.17) is 4.74 Å². The number of nitrogens with one attached hydrogen (secondary N) is 1. The van der Waals surface area contributed by atoms with Crippen molar-refractivity contribution in [2.45, 2.75) is 39.1 Å². The molecule has 24 heavy (non-hydrogen) atoms. The van der Waals surface area contributed by atoms with Crippen LogP contribution in [0.5, 0.6) is 0 Å². The largest absolute Gasteiger partial charge is 0.374 e. The van der Waals surface area contributed by atoms with E-state index in [0.29, 0.717) is 6.54 Å². The zero-order valence-electron chi connectivity index (χ0n) is 14.7. The fourth-order valence-corrected chi connectivity index (χ4v) is 3.27. The van der Waals surface area contributed by atoms with Crippen LogP contribution in [0, 0.1) is 0 Å². The highest BCUT2D eigenvalue weighted by Crippen LogP contribution is 2.28. The third kappa shape index (κ3) is 3.66. The topological polar surface area (TPSA) is 73.0 Å². The molecule has 1 aliphatic heterocycles. The summed E-state index contributed by atoms with van der Waals surface area (Å²) in [4.78, 5) is 4.16. The van der Waals surface area contributed by atoms with Gasteiger partial charge in [-0.1, -0.05) is 6.92 Å². The number of hydrogen-bond acceptors (Lipinski definition) is 6. The van der Waals surface area contributed by atoms with E-state index in [1.54, 1.807) is 4.80 Å². The monoisotopic (exact) mass is 333 g/mol. The lowest BCUT2D eigenvalue weighted by Crippen LogP contribution is -2.49. The molecule has 8 nitrogen and oxygen atoms in total. The summed E-state index contributed by atoms with van der Waals surface area (Å²) < 4.78 is 8.03. The number of aryl methyl sites for hydroxylation is 2. The van der Waals surface area contributed by atoms with E-state index < -0.39 is 0 Å². The molecule has 3 rings (SSSR count). The van der Waals surface area contributed by atoms with Gasteiger partial charge in [0.15, 0.2) is 0 Å². The Kier molecular flexibility index (Phi) is 5.60. The number of ether oxygens (including phenoxy) is 1. The van der Waals surface area contributed by atoms with Gasteiger partial charge in [-0.15, -0.1) is 0 Å². The first kappa shape index (κ1) is 17.1. The van der Waals surface area contributed by atoms with Gasteiger partial charge in [0.1, 0.15) is 0 Å². The van der Waals surface area contributed by atoms with Gasteiger partial charge < -0.3 is 10.1 Å². The molecule has 1 N–H and O–H groups in total. The average Bonchev–Trinajstić information content (AvgIpc) is 3.23. The van der Waals surface area contributed by atoms with Crippen LogP contribution in [0.25, 0.3) is 0 Å². The summed E-state index contributed by atoms with van der Waals surface area (Å²) in [6.07, 6.45) is 3.76. The minimum atomic E-state index is 0.0929. The lowest BCUT2D eigenvalue weighted by molar-refractivity contribution is -0.0718. The standard InChI is InChI=1S/C16H27N7O/c1-4-22-8-9-24-15(16(22)14-6-7-18-21(14)3)12-17-10-13-11-19-23(5-2)20-13/h6-7,11,15-17H,4-5,8-10,12H2,1-3H3/t15-,16-/m0/s1. The van der Waals surface area contributed by atoms with E-state index in [1.165, 1.54) is 5.69 Å². The second kappa shape index (κ2) is 7.87. The molecule has 132 valence electrons. The van der Waals surface area contributed by atoms with Crippen LogP contribution < -0.4 is 5.32 Å². The fraction of sp³-hybridized carbons (Fsp3) is 0.688. The maximum atomic E-state index is 6.08. The molecule has 2 atom stereocenters. The van der Waals surface area contributed by atoms with Crippen molar-refractivity contribution >= 4 is 0 Å². The molecule has 0 spiro atoms. The minimum absolute atomic E-state index is 0.0929. The Hall–Kier alpha value is -1.77. The van der Waals surface area contributed by atoms with Crippen molar-refractivity contribution in [1.82, 2.24) is 35.0 Å². The van der Waals surface area contributed by atoms with Crippen molar-refractivity contribution in [3.8, 4) is 0 Å². The van der Waals surface area contributed by atoms with E-state index in [2.05, 4.69) is 38.5 Å². The van der Waals surface area contributed by atoms with E-state index in [0.717, 1.165) is 38.5 Å². The van der Waals surface area contributed by atoms with E-state index >= 15 is 0 Å². The van der Waals surface area contributed by atoms with Crippen molar-refractivity contribution < 1.29 is 4.74 Å². The van der Waals surface area contributed by atoms with Gasteiger partial charge in [0, 0.05) is 32.9 Å². The van der Waals surface area contributed by atoms with Crippen LogP contribution in [0.1, 0.15) is 31.3 Å². The van der Waals surface area contributed by atoms with Gasteiger partial charge in [-0.25, -0.2) is 0 Å². The number of nitrogens with zero attached hydrogens (tertiary/aromatic N) is 6. The smallest absolute Gasteiger partial charge is 0.0964 e. The van der Waals surface area contributed by atoms with Gasteiger partial charge in [0.2, 0.25) is 0 Å². The Morgan fingerprint density at radius 3 is 2.83 bits per heavy atom. The van der Waals surface area contributed by atoms with Crippen LogP contribution in [-0.2, 0) is 24.9 Å². The van der Waals surface area contributed by atoms with Crippen LogP contribution in [0.15, 0.2) is 18.5 Å². The number of likely N-dealkylation sites (N-methyl/N-ethyl adjacent to an activating group) is 1. The van der Waals surface area contributed by atoms with Crippen molar-refractivity contribution in [1.29, 1.82) is 0 Å². The molecule has 2 aromatic rings. The molecule has 0 amide bonds. The molecule has 0 aliphatic carbocycles. The van der Waals surface area contributed by atoms with Gasteiger partial charge in [-0.2, -0.15) is 20.1 Å². The van der Waals surface area contributed by atoms with Crippen LogP contribution in [-0.4, -0.2) is 62.0 Å². The predicted molar refractivity (Wildman–Crippen MR) is 90.3 cm³/mol. The number of morpholine rings is 1. The minimum Gasteiger partial charge on any atom is -0.374 e. The van der Waals surface area contributed by atoms with Gasteiger partial charge in [0.25, 0.3) is 0 Å². The van der Waals surface area contributed by atoms with Crippen molar-refractivity contribution in [3.05, 3.63) is 29.8 Å². The van der Waals surface area contributed by atoms with Gasteiger partial charge in [0.05, 0.1) is 42.9 Å². The third-order valence-electron chi connectivity index (χ3n) is 4.54. The van der Waals surface area contributed by atoms with Crippen molar-refractivity contribution in [2.75, 3.05) is 26.2 Å². The second-order valence-corrected chi connectivity index (χ2v) is 6.02. The Labute approximate surface area is 142 Å². The quantitative estimate of drug-likeness (QED) is 0.799. The molecule has 1 aliphatic rings. The molecule has 0 radical (unpaired) electrons. The number of aromatic nitrogens is 5. The zero-order valence-corrected chi connectivity index (χ0v) is 14.7. The van der Waals surface area contributed by atoms with E-state index in [9.17, 15) is 0 Å². The zero-order chi connectivity index (χ0) is 16.9. The molecule has 0 unspecified atom stereocenters. The molecular weight excluding hydrogens is 306 g/mol. The summed E-state index contributed by atoms with van der Waals surface area (Å²) in [7, 11) is 1.99. The second-order valence-electron chi connectivity index (χ2n) is 6.02. The first-order valence-corrected chi connectivity index (χ1v) is 8.66. The first-order valence-electron chi connectivity index (χ1n) is 8.66. The Morgan fingerprint density at radius 1 is 1.29 bits per heavy atom. The third-order valence-corrected chi connectivity index (χ3v) is 4.54. The SMILES string of the molecule is CCN1CCO[C@@H](CNCc2cnn(CC)n2)[C@@H]1c1ccnn1C. The summed E-state index contributed by atoms with van der Waals surface area (Å²) in [6.45, 7) is 9.21. The Balaban J connectivity index is 1.64. The van der Waals surface area contributed by atoms with Crippen LogP contribution in [0.3, 0.4) is 0 Å². The van der Waals surface area contributed by atoms with Crippen molar-refractivity contribution in [3.63, 3.8) is 0 Å². The maximum absolute atomic E-state index is 6.08. The maximum Gasteiger partial charge on any atom is 0.0964 e. The number of rotatable bonds is 7. The molecule has 0 saturated carbocycles. The Morgan fingerprint density at radius 2 is 2.17 bits per heavy atom. The molecule has 1 saturated heterocycles. The summed E-state index contributed by atoms with van der Waals surface area (Å²) in [5, 5.41) is 16.4. The van der Waals surface area contributed by atoms with Crippen LogP contribution in [0.4, 0.5) is 0 Å². The van der Waals surface area contributed by atoms with Crippen molar-refractivity contribution in [2.24, 2.45) is 7.05 Å². The molecular formula is C16H27N7O. The summed E-state index contributed by atoms with van der Waals surface area (Å²) in [6, 6.07) is 2.30. The lowest BCUT2D eigenvalue weighted by Gasteiger charge is -2.40. The molecule has 3 heterocycles. The highest BCUT2D eigenvalue weighted by atomic mass is 16.5. The first-order chi connectivity index (χ1) is 11.7. The highest BCUT2D eigenvalue weighted by Gasteiger charge is 2.34. The summed E-state index contributed by atoms with van der Waals surface area (Å²) in [5.74, 6) is 0. The summed E-state index contributed by atoms with van der Waals surface area (Å²) in [5.41, 5.74) is 2.15. The average molecular weight is 333 g/mol.